The lowest BCUT2D eigenvalue weighted by molar-refractivity contribution is -0.162. The lowest BCUT2D eigenvalue weighted by atomic mass is 9.76. The highest BCUT2D eigenvalue weighted by molar-refractivity contribution is 5.86. The second kappa shape index (κ2) is 9.76. The fourth-order valence-corrected chi connectivity index (χ4v) is 4.70. The molecule has 1 saturated carbocycles. The minimum Gasteiger partial charge on any atom is -0.466 e. The van der Waals surface area contributed by atoms with Gasteiger partial charge in [-0.15, -0.1) is 0 Å². The first-order chi connectivity index (χ1) is 14.6. The van der Waals surface area contributed by atoms with E-state index in [2.05, 4.69) is 10.2 Å². The molecule has 0 aromatic carbocycles. The number of amides is 2. The van der Waals surface area contributed by atoms with Crippen molar-refractivity contribution >= 4 is 18.0 Å². The van der Waals surface area contributed by atoms with Gasteiger partial charge >= 0.3 is 12.1 Å². The largest absolute Gasteiger partial charge is 0.466 e. The van der Waals surface area contributed by atoms with Gasteiger partial charge in [0.05, 0.1) is 12.0 Å². The summed E-state index contributed by atoms with van der Waals surface area (Å²) in [4.78, 5) is 42.0. The summed E-state index contributed by atoms with van der Waals surface area (Å²) in [6, 6.07) is 0.572. The monoisotopic (exact) mass is 437 g/mol. The highest BCUT2D eigenvalue weighted by Crippen LogP contribution is 2.37. The van der Waals surface area contributed by atoms with E-state index in [0.717, 1.165) is 38.6 Å². The molecule has 1 N–H and O–H groups in total. The van der Waals surface area contributed by atoms with Crippen molar-refractivity contribution in [3.8, 4) is 0 Å². The first-order valence-electron chi connectivity index (χ1n) is 11.8. The van der Waals surface area contributed by atoms with Crippen LogP contribution in [0, 0.1) is 5.41 Å². The SMILES string of the molecule is CCOC(=O)C1(CC(=O)NC2CC2)CCCN(C2CCN(C(=O)OC(C)(C)C)CC2)C1. The summed E-state index contributed by atoms with van der Waals surface area (Å²) >= 11 is 0. The maximum atomic E-state index is 13.0. The summed E-state index contributed by atoms with van der Waals surface area (Å²) in [6.07, 6.45) is 5.20. The van der Waals surface area contributed by atoms with Gasteiger partial charge in [0.2, 0.25) is 5.91 Å². The molecule has 0 bridgehead atoms. The third-order valence-electron chi connectivity index (χ3n) is 6.39. The van der Waals surface area contributed by atoms with E-state index in [1.165, 1.54) is 0 Å². The zero-order valence-corrected chi connectivity index (χ0v) is 19.6. The number of carbonyl (C=O) groups excluding carboxylic acids is 3. The zero-order chi connectivity index (χ0) is 22.6. The van der Waals surface area contributed by atoms with Crippen LogP contribution in [0.2, 0.25) is 0 Å². The number of ether oxygens (including phenoxy) is 2. The van der Waals surface area contributed by atoms with Crippen LogP contribution >= 0.6 is 0 Å². The van der Waals surface area contributed by atoms with Crippen LogP contribution in [0.25, 0.3) is 0 Å². The molecule has 3 rings (SSSR count). The smallest absolute Gasteiger partial charge is 0.410 e. The zero-order valence-electron chi connectivity index (χ0n) is 19.6. The van der Waals surface area contributed by atoms with Crippen molar-refractivity contribution in [3.05, 3.63) is 0 Å². The number of likely N-dealkylation sites (tertiary alicyclic amines) is 2. The van der Waals surface area contributed by atoms with Crippen molar-refractivity contribution in [2.75, 3.05) is 32.8 Å². The van der Waals surface area contributed by atoms with Crippen LogP contribution in [-0.4, -0.2) is 78.2 Å². The van der Waals surface area contributed by atoms with Gasteiger partial charge in [-0.2, -0.15) is 0 Å². The van der Waals surface area contributed by atoms with Crippen LogP contribution in [0.4, 0.5) is 4.79 Å². The third kappa shape index (κ3) is 6.57. The molecule has 2 amide bonds. The lowest BCUT2D eigenvalue weighted by Crippen LogP contribution is -2.56. The molecule has 2 saturated heterocycles. The first kappa shape index (κ1) is 23.8. The first-order valence-corrected chi connectivity index (χ1v) is 11.8. The van der Waals surface area contributed by atoms with Gasteiger partial charge in [0.1, 0.15) is 5.60 Å². The van der Waals surface area contributed by atoms with Gasteiger partial charge in [0, 0.05) is 38.1 Å². The Bertz CT molecular complexity index is 665. The van der Waals surface area contributed by atoms with Gasteiger partial charge in [-0.3, -0.25) is 14.5 Å². The third-order valence-corrected chi connectivity index (χ3v) is 6.39. The molecular formula is C23H39N3O5. The van der Waals surface area contributed by atoms with Crippen molar-refractivity contribution in [1.29, 1.82) is 0 Å². The predicted octanol–water partition coefficient (Wildman–Crippen LogP) is 2.70. The van der Waals surface area contributed by atoms with Gasteiger partial charge in [0.15, 0.2) is 0 Å². The normalized spacial score (nSPS) is 25.7. The van der Waals surface area contributed by atoms with Gasteiger partial charge in [-0.25, -0.2) is 4.79 Å². The molecule has 3 aliphatic rings. The molecule has 31 heavy (non-hydrogen) atoms. The maximum absolute atomic E-state index is 13.0. The predicted molar refractivity (Wildman–Crippen MR) is 116 cm³/mol. The maximum Gasteiger partial charge on any atom is 0.410 e. The van der Waals surface area contributed by atoms with E-state index in [1.54, 1.807) is 4.90 Å². The van der Waals surface area contributed by atoms with Crippen molar-refractivity contribution in [3.63, 3.8) is 0 Å². The second-order valence-electron chi connectivity index (χ2n) is 10.3. The summed E-state index contributed by atoms with van der Waals surface area (Å²) < 4.78 is 10.9. The Balaban J connectivity index is 1.61. The Morgan fingerprint density at radius 2 is 1.74 bits per heavy atom. The second-order valence-corrected chi connectivity index (χ2v) is 10.3. The van der Waals surface area contributed by atoms with E-state index in [1.807, 2.05) is 27.7 Å². The van der Waals surface area contributed by atoms with Crippen molar-refractivity contribution in [1.82, 2.24) is 15.1 Å². The summed E-state index contributed by atoms with van der Waals surface area (Å²) in [7, 11) is 0. The van der Waals surface area contributed by atoms with E-state index in [0.29, 0.717) is 38.7 Å². The topological polar surface area (TPSA) is 88.2 Å². The molecular weight excluding hydrogens is 398 g/mol. The fourth-order valence-electron chi connectivity index (χ4n) is 4.70. The van der Waals surface area contributed by atoms with E-state index in [9.17, 15) is 14.4 Å². The molecule has 176 valence electrons. The minimum atomic E-state index is -0.782. The number of piperidine rings is 2. The molecule has 0 aromatic rings. The average Bonchev–Trinajstić information content (AvgIpc) is 3.51. The van der Waals surface area contributed by atoms with Gasteiger partial charge in [-0.1, -0.05) is 0 Å². The molecule has 8 nitrogen and oxygen atoms in total. The molecule has 0 radical (unpaired) electrons. The van der Waals surface area contributed by atoms with Crippen molar-refractivity contribution in [2.24, 2.45) is 5.41 Å². The summed E-state index contributed by atoms with van der Waals surface area (Å²) in [5.74, 6) is -0.297. The molecule has 3 fully saturated rings. The molecule has 2 aliphatic heterocycles. The summed E-state index contributed by atoms with van der Waals surface area (Å²) in [6.45, 7) is 10.5. The lowest BCUT2D eigenvalue weighted by Gasteiger charge is -2.46. The highest BCUT2D eigenvalue weighted by atomic mass is 16.6. The van der Waals surface area contributed by atoms with E-state index in [-0.39, 0.29) is 30.4 Å². The van der Waals surface area contributed by atoms with E-state index >= 15 is 0 Å². The van der Waals surface area contributed by atoms with Crippen LogP contribution in [0.1, 0.15) is 72.6 Å². The molecule has 1 unspecified atom stereocenters. The van der Waals surface area contributed by atoms with E-state index in [4.69, 9.17) is 9.47 Å². The van der Waals surface area contributed by atoms with Gasteiger partial charge in [-0.05, 0) is 72.8 Å². The summed E-state index contributed by atoms with van der Waals surface area (Å²) in [5, 5.41) is 3.03. The Morgan fingerprint density at radius 1 is 1.06 bits per heavy atom. The van der Waals surface area contributed by atoms with Crippen LogP contribution in [0.3, 0.4) is 0 Å². The number of nitrogens with one attached hydrogen (secondary N) is 1. The Kier molecular flexibility index (Phi) is 7.50. The Morgan fingerprint density at radius 3 is 2.32 bits per heavy atom. The average molecular weight is 438 g/mol. The quantitative estimate of drug-likeness (QED) is 0.643. The number of hydrogen-bond donors (Lipinski definition) is 1. The van der Waals surface area contributed by atoms with Crippen molar-refractivity contribution in [2.45, 2.75) is 90.3 Å². The van der Waals surface area contributed by atoms with Crippen molar-refractivity contribution < 1.29 is 23.9 Å². The number of nitrogens with zero attached hydrogens (tertiary/aromatic N) is 2. The number of esters is 1. The summed E-state index contributed by atoms with van der Waals surface area (Å²) in [5.41, 5.74) is -1.28. The standard InChI is InChI=1S/C23H39N3O5/c1-5-30-20(28)23(15-19(27)24-17-7-8-17)11-6-12-26(16-23)18-9-13-25(14-10-18)21(29)31-22(2,3)4/h17-18H,5-16H2,1-4H3,(H,24,27). The van der Waals surface area contributed by atoms with Gasteiger partial charge in [0.25, 0.3) is 0 Å². The molecule has 0 spiro atoms. The fraction of sp³-hybridized carbons (Fsp3) is 0.870. The minimum absolute atomic E-state index is 0.0443. The Hall–Kier alpha value is -1.83. The van der Waals surface area contributed by atoms with Crippen LogP contribution < -0.4 is 5.32 Å². The molecule has 1 aliphatic carbocycles. The van der Waals surface area contributed by atoms with Gasteiger partial charge < -0.3 is 19.7 Å². The molecule has 8 heteroatoms. The van der Waals surface area contributed by atoms with Crippen LogP contribution in [0.5, 0.6) is 0 Å². The Labute approximate surface area is 186 Å². The number of hydrogen-bond acceptors (Lipinski definition) is 6. The molecule has 2 heterocycles. The van der Waals surface area contributed by atoms with Crippen LogP contribution in [-0.2, 0) is 19.1 Å². The number of carbonyl (C=O) groups is 3. The highest BCUT2D eigenvalue weighted by Gasteiger charge is 2.47. The molecule has 0 aromatic heterocycles. The number of rotatable bonds is 6. The van der Waals surface area contributed by atoms with Crippen LogP contribution in [0.15, 0.2) is 0 Å². The molecule has 1 atom stereocenters. The van der Waals surface area contributed by atoms with E-state index < -0.39 is 11.0 Å².